The number of nitrogens with zero attached hydrogens (tertiary/aromatic N) is 2. The Morgan fingerprint density at radius 1 is 0.542 bits per heavy atom. The van der Waals surface area contributed by atoms with E-state index in [-0.39, 0.29) is 11.8 Å². The van der Waals surface area contributed by atoms with Gasteiger partial charge in [0.1, 0.15) is 0 Å². The molecule has 48 heavy (non-hydrogen) atoms. The van der Waals surface area contributed by atoms with Gasteiger partial charge in [-0.15, -0.1) is 0 Å². The van der Waals surface area contributed by atoms with E-state index >= 15 is 0 Å². The fraction of sp³-hybridized carbons (Fsp3) is 0.250. The van der Waals surface area contributed by atoms with Crippen LogP contribution in [-0.4, -0.2) is 34.5 Å². The van der Waals surface area contributed by atoms with Gasteiger partial charge in [-0.05, 0) is 74.9 Å². The van der Waals surface area contributed by atoms with E-state index in [4.69, 9.17) is 19.1 Å². The highest BCUT2D eigenvalue weighted by Gasteiger charge is 2.39. The maximum absolute atomic E-state index is 13.8. The second kappa shape index (κ2) is 15.4. The third-order valence-electron chi connectivity index (χ3n) is 8.52. The number of ether oxygens (including phenoxy) is 2. The Morgan fingerprint density at radius 2 is 0.917 bits per heavy atom. The first-order valence-electron chi connectivity index (χ1n) is 16.4. The van der Waals surface area contributed by atoms with Gasteiger partial charge in [-0.1, -0.05) is 108 Å². The second-order valence-corrected chi connectivity index (χ2v) is 12.1. The van der Waals surface area contributed by atoms with Gasteiger partial charge in [0.2, 0.25) is 12.5 Å². The molecule has 4 aromatic rings. The van der Waals surface area contributed by atoms with Crippen LogP contribution in [0.25, 0.3) is 0 Å². The molecule has 4 aromatic carbocycles. The Bertz CT molecular complexity index is 1580. The van der Waals surface area contributed by atoms with Crippen LogP contribution in [0.5, 0.6) is 11.5 Å². The van der Waals surface area contributed by atoms with Crippen LogP contribution in [-0.2, 0) is 19.1 Å². The van der Waals surface area contributed by atoms with Crippen molar-refractivity contribution in [1.82, 2.24) is 10.1 Å². The largest absolute Gasteiger partial charge is 0.429 e. The summed E-state index contributed by atoms with van der Waals surface area (Å²) in [4.78, 5) is 40.0. The molecule has 2 heterocycles. The number of carbonyl (C=O) groups is 2. The van der Waals surface area contributed by atoms with Gasteiger partial charge in [-0.3, -0.25) is 0 Å². The van der Waals surface area contributed by atoms with Crippen molar-refractivity contribution in [2.45, 2.75) is 63.8 Å². The molecule has 8 heteroatoms. The van der Waals surface area contributed by atoms with Crippen molar-refractivity contribution in [3.8, 4) is 11.5 Å². The first-order valence-corrected chi connectivity index (χ1v) is 16.4. The number of benzene rings is 4. The van der Waals surface area contributed by atoms with Crippen LogP contribution in [0.3, 0.4) is 0 Å². The summed E-state index contributed by atoms with van der Waals surface area (Å²) < 4.78 is 12.1. The molecule has 0 aromatic heterocycles. The smallest absolute Gasteiger partial charge is 0.419 e. The number of hydrogen-bond donors (Lipinski definition) is 0. The van der Waals surface area contributed by atoms with E-state index in [0.717, 1.165) is 35.1 Å². The van der Waals surface area contributed by atoms with Crippen molar-refractivity contribution in [2.75, 3.05) is 0 Å². The number of rotatable bonds is 8. The monoisotopic (exact) mass is 644 g/mol. The minimum atomic E-state index is -1.12. The van der Waals surface area contributed by atoms with Crippen LogP contribution >= 0.6 is 0 Å². The molecule has 0 bridgehead atoms. The van der Waals surface area contributed by atoms with Crippen molar-refractivity contribution in [3.63, 3.8) is 0 Å². The second-order valence-electron chi connectivity index (χ2n) is 12.1. The zero-order valence-electron chi connectivity index (χ0n) is 27.2. The van der Waals surface area contributed by atoms with Crippen molar-refractivity contribution in [2.24, 2.45) is 0 Å². The molecule has 2 aliphatic rings. The summed E-state index contributed by atoms with van der Waals surface area (Å²) >= 11 is 0. The first kappa shape index (κ1) is 32.4. The fourth-order valence-corrected chi connectivity index (χ4v) is 5.97. The Morgan fingerprint density at radius 3 is 1.29 bits per heavy atom. The molecule has 8 nitrogen and oxygen atoms in total. The lowest BCUT2D eigenvalue weighted by atomic mass is 9.93. The molecule has 2 aliphatic heterocycles. The average Bonchev–Trinajstić information content (AvgIpc) is 3.43. The van der Waals surface area contributed by atoms with E-state index in [9.17, 15) is 9.59 Å². The molecule has 0 aliphatic carbocycles. The van der Waals surface area contributed by atoms with E-state index in [1.165, 1.54) is 10.1 Å². The number of allylic oxidation sites excluding steroid dienone is 2. The fourth-order valence-electron chi connectivity index (χ4n) is 5.97. The van der Waals surface area contributed by atoms with Gasteiger partial charge >= 0.3 is 11.9 Å². The maximum Gasteiger partial charge on any atom is 0.419 e. The maximum atomic E-state index is 13.8. The molecule has 246 valence electrons. The summed E-state index contributed by atoms with van der Waals surface area (Å²) in [6.07, 6.45) is 8.34. The predicted octanol–water partition coefficient (Wildman–Crippen LogP) is 8.12. The van der Waals surface area contributed by atoms with Gasteiger partial charge in [-0.25, -0.2) is 9.59 Å². The molecular weight excluding hydrogens is 604 g/mol. The topological polar surface area (TPSA) is 77.5 Å². The summed E-state index contributed by atoms with van der Waals surface area (Å²) in [5.41, 5.74) is 4.09. The third kappa shape index (κ3) is 8.07. The van der Waals surface area contributed by atoms with Gasteiger partial charge < -0.3 is 19.1 Å². The molecule has 0 fully saturated rings. The lowest BCUT2D eigenvalue weighted by Gasteiger charge is -2.35. The number of carbonyl (C=O) groups excluding carboxylic acids is 2. The van der Waals surface area contributed by atoms with Crippen LogP contribution < -0.4 is 9.68 Å². The third-order valence-corrected chi connectivity index (χ3v) is 8.52. The predicted molar refractivity (Wildman–Crippen MR) is 182 cm³/mol. The molecule has 0 N–H and O–H groups in total. The highest BCUT2D eigenvalue weighted by Crippen LogP contribution is 2.35. The van der Waals surface area contributed by atoms with E-state index in [1.807, 2.05) is 135 Å². The normalized spacial score (nSPS) is 20.7. The number of hydroxylamine groups is 4. The minimum absolute atomic E-state index is 0.289. The lowest BCUT2D eigenvalue weighted by molar-refractivity contribution is -0.210. The molecule has 0 radical (unpaired) electrons. The molecule has 4 unspecified atom stereocenters. The van der Waals surface area contributed by atoms with Crippen molar-refractivity contribution in [3.05, 3.63) is 156 Å². The Kier molecular flexibility index (Phi) is 10.4. The van der Waals surface area contributed by atoms with Crippen LogP contribution in [0.2, 0.25) is 0 Å². The van der Waals surface area contributed by atoms with E-state index < -0.39 is 24.4 Å². The van der Waals surface area contributed by atoms with Crippen LogP contribution in [0.4, 0.5) is 0 Å². The SMILES string of the molecule is Cc1ccc(ON2C=CCCC(c3ccccc3)C2OC(=O)C(=O)OC2C(c3ccccc3)CCC=CN2Oc2ccc(C)cc2)cc1. The van der Waals surface area contributed by atoms with Crippen LogP contribution in [0.1, 0.15) is 59.8 Å². The highest BCUT2D eigenvalue weighted by molar-refractivity contribution is 6.29. The quantitative estimate of drug-likeness (QED) is 0.141. The van der Waals surface area contributed by atoms with E-state index in [2.05, 4.69) is 0 Å². The zero-order valence-corrected chi connectivity index (χ0v) is 27.2. The van der Waals surface area contributed by atoms with E-state index in [0.29, 0.717) is 24.3 Å². The Labute approximate surface area is 281 Å². The lowest BCUT2D eigenvalue weighted by Crippen LogP contribution is -2.45. The molecule has 0 saturated carbocycles. The van der Waals surface area contributed by atoms with Gasteiger partial charge in [0.05, 0.1) is 0 Å². The number of aryl methyl sites for hydroxylation is 2. The molecule has 4 atom stereocenters. The number of hydrogen-bond acceptors (Lipinski definition) is 8. The van der Waals surface area contributed by atoms with Crippen LogP contribution in [0.15, 0.2) is 134 Å². The molecular formula is C40H40N2O6. The summed E-state index contributed by atoms with van der Waals surface area (Å²) in [5, 5.41) is 3.02. The highest BCUT2D eigenvalue weighted by atomic mass is 16.7. The van der Waals surface area contributed by atoms with Crippen molar-refractivity contribution >= 4 is 11.9 Å². The average molecular weight is 645 g/mol. The molecule has 6 rings (SSSR count). The Hall–Kier alpha value is -5.50. The zero-order chi connectivity index (χ0) is 33.3. The minimum Gasteiger partial charge on any atom is -0.429 e. The van der Waals surface area contributed by atoms with E-state index in [1.54, 1.807) is 12.4 Å². The summed E-state index contributed by atoms with van der Waals surface area (Å²) in [6, 6.07) is 34.8. The molecule has 0 saturated heterocycles. The summed E-state index contributed by atoms with van der Waals surface area (Å²) in [6.45, 7) is 3.99. The summed E-state index contributed by atoms with van der Waals surface area (Å²) in [7, 11) is 0. The van der Waals surface area contributed by atoms with Gasteiger partial charge in [0.15, 0.2) is 11.5 Å². The summed E-state index contributed by atoms with van der Waals surface area (Å²) in [5.74, 6) is -1.68. The number of esters is 2. The van der Waals surface area contributed by atoms with Gasteiger partial charge in [0, 0.05) is 24.2 Å². The standard InChI is InChI=1S/C40H40N2O6/c1-29-19-23-33(24-20-29)47-41-27-11-9-17-35(31-13-5-3-6-14-31)37(41)45-39(43)40(44)46-38-36(32-15-7-4-8-16-32)18-10-12-28-42(38)48-34-25-21-30(2)22-26-34/h3-8,11-16,19-28,35-38H,9-10,17-18H2,1-2H3. The van der Waals surface area contributed by atoms with Gasteiger partial charge in [0.25, 0.3) is 0 Å². The molecule has 0 spiro atoms. The van der Waals surface area contributed by atoms with Crippen molar-refractivity contribution < 1.29 is 28.7 Å². The Balaban J connectivity index is 1.27. The van der Waals surface area contributed by atoms with Crippen molar-refractivity contribution in [1.29, 1.82) is 0 Å². The van der Waals surface area contributed by atoms with Gasteiger partial charge in [-0.2, -0.15) is 10.1 Å². The van der Waals surface area contributed by atoms with Crippen LogP contribution in [0, 0.1) is 13.8 Å². The first-order chi connectivity index (χ1) is 23.4. The molecule has 0 amide bonds.